The van der Waals surface area contributed by atoms with Crippen molar-refractivity contribution in [3.05, 3.63) is 44.1 Å². The zero-order chi connectivity index (χ0) is 24.0. The molecule has 2 aromatic rings. The summed E-state index contributed by atoms with van der Waals surface area (Å²) in [5, 5.41) is 19.4. The maximum atomic E-state index is 12.1. The van der Waals surface area contributed by atoms with E-state index in [1.807, 2.05) is 0 Å². The second-order valence-corrected chi connectivity index (χ2v) is 7.52. The van der Waals surface area contributed by atoms with E-state index >= 15 is 0 Å². The summed E-state index contributed by atoms with van der Waals surface area (Å²) >= 11 is 8.08. The molecule has 0 aromatic carbocycles. The van der Waals surface area contributed by atoms with Crippen LogP contribution in [0, 0.1) is 34.1 Å². The van der Waals surface area contributed by atoms with E-state index in [1.54, 1.807) is 13.8 Å². The zero-order valence-corrected chi connectivity index (χ0v) is 18.8. The molecule has 2 heterocycles. The minimum absolute atomic E-state index is 0.0148. The fourth-order valence-electron chi connectivity index (χ4n) is 2.65. The molecule has 0 fully saturated rings. The number of hydrogen-bond donors (Lipinski definition) is 2. The van der Waals surface area contributed by atoms with Gasteiger partial charge in [0.25, 0.3) is 0 Å². The monoisotopic (exact) mass is 488 g/mol. The van der Waals surface area contributed by atoms with Crippen molar-refractivity contribution in [1.29, 1.82) is 0 Å². The molecule has 32 heavy (non-hydrogen) atoms. The van der Waals surface area contributed by atoms with Gasteiger partial charge < -0.3 is 29.7 Å². The van der Waals surface area contributed by atoms with Gasteiger partial charge in [0.05, 0.1) is 0 Å². The van der Waals surface area contributed by atoms with E-state index in [4.69, 9.17) is 9.47 Å². The van der Waals surface area contributed by atoms with Crippen LogP contribution in [0.15, 0.2) is 12.4 Å². The van der Waals surface area contributed by atoms with E-state index in [0.717, 1.165) is 6.20 Å². The molecule has 0 bridgehead atoms. The van der Waals surface area contributed by atoms with Gasteiger partial charge in [-0.3, -0.25) is 9.59 Å². The van der Waals surface area contributed by atoms with Crippen LogP contribution in [0.25, 0.3) is 0 Å². The molecule has 16 heteroatoms. The molecule has 0 aliphatic carbocycles. The predicted molar refractivity (Wildman–Crippen MR) is 115 cm³/mol. The van der Waals surface area contributed by atoms with Crippen LogP contribution in [0.2, 0.25) is 0 Å². The number of hydrogen-bond acceptors (Lipinski definition) is 12. The molecule has 0 aliphatic heterocycles. The van der Waals surface area contributed by atoms with Crippen LogP contribution in [-0.4, -0.2) is 64.6 Å². The molecule has 2 unspecified atom stereocenters. The number of imidazole rings is 2. The van der Waals surface area contributed by atoms with Crippen LogP contribution in [-0.2, 0) is 32.2 Å². The molecule has 0 amide bonds. The Morgan fingerprint density at radius 3 is 2.00 bits per heavy atom. The molecule has 2 atom stereocenters. The highest BCUT2D eigenvalue weighted by Crippen LogP contribution is 2.16. The molecule has 0 saturated heterocycles. The highest BCUT2D eigenvalue weighted by molar-refractivity contribution is 7.86. The van der Waals surface area contributed by atoms with Crippen molar-refractivity contribution < 1.29 is 28.9 Å². The number of rotatable bonds is 11. The summed E-state index contributed by atoms with van der Waals surface area (Å²) in [7, 11) is 0. The predicted octanol–water partition coefficient (Wildman–Crippen LogP) is 0.896. The molecule has 14 nitrogen and oxygen atoms in total. The molecule has 0 saturated carbocycles. The molecule has 0 aliphatic rings. The van der Waals surface area contributed by atoms with Crippen molar-refractivity contribution in [2.24, 2.45) is 0 Å². The van der Waals surface area contributed by atoms with Gasteiger partial charge >= 0.3 is 23.7 Å². The number of aromatic nitrogens is 4. The van der Waals surface area contributed by atoms with E-state index < -0.39 is 32.3 Å². The molecule has 2 aromatic heterocycles. The molecule has 0 radical (unpaired) electrons. The maximum Gasteiger partial charge on any atom is 0.434 e. The molecule has 0 N–H and O–H groups in total. The third-order valence-corrected chi connectivity index (χ3v) is 5.57. The highest BCUT2D eigenvalue weighted by Gasteiger charge is 2.31. The Kier molecular flexibility index (Phi) is 8.59. The fraction of sp³-hybridized carbons (Fsp3) is 0.500. The second kappa shape index (κ2) is 10.9. The summed E-state index contributed by atoms with van der Waals surface area (Å²) < 4.78 is 12.6. The van der Waals surface area contributed by atoms with Crippen molar-refractivity contribution in [2.45, 2.75) is 37.4 Å². The Morgan fingerprint density at radius 1 is 0.969 bits per heavy atom. The first kappa shape index (κ1) is 25.1. The lowest BCUT2D eigenvalue weighted by Gasteiger charge is -2.16. The molecular formula is C16H20N6O8S2. The first-order valence-electron chi connectivity index (χ1n) is 9.07. The number of thiol groups is 2. The van der Waals surface area contributed by atoms with Gasteiger partial charge in [-0.25, -0.2) is 14.1 Å². The number of ether oxygens (including phenoxy) is 2. The smallest absolute Gasteiger partial charge is 0.434 e. The van der Waals surface area contributed by atoms with Crippen LogP contribution in [0.3, 0.4) is 0 Å². The molecule has 174 valence electrons. The average molecular weight is 489 g/mol. The van der Waals surface area contributed by atoms with Crippen LogP contribution < -0.4 is 0 Å². The number of aryl methyl sites for hydroxylation is 2. The topological polar surface area (TPSA) is 175 Å². The first-order chi connectivity index (χ1) is 15.0. The van der Waals surface area contributed by atoms with E-state index in [0.29, 0.717) is 11.5 Å². The lowest BCUT2D eigenvalue weighted by atomic mass is 10.3. The van der Waals surface area contributed by atoms with Crippen LogP contribution in [0.4, 0.5) is 11.8 Å². The lowest BCUT2D eigenvalue weighted by molar-refractivity contribution is -0.396. The van der Waals surface area contributed by atoms with Gasteiger partial charge in [-0.05, 0) is 16.8 Å². The minimum Gasteiger partial charge on any atom is -0.461 e. The van der Waals surface area contributed by atoms with Crippen molar-refractivity contribution in [2.75, 3.05) is 13.2 Å². The Hall–Kier alpha value is -3.14. The van der Waals surface area contributed by atoms with Crippen LogP contribution >= 0.6 is 25.3 Å². The van der Waals surface area contributed by atoms with Gasteiger partial charge in [-0.15, -0.1) is 0 Å². The summed E-state index contributed by atoms with van der Waals surface area (Å²) in [6.45, 7) is 2.72. The summed E-state index contributed by atoms with van der Waals surface area (Å²) in [6, 6.07) is 0. The van der Waals surface area contributed by atoms with Crippen LogP contribution in [0.5, 0.6) is 0 Å². The third kappa shape index (κ3) is 5.97. The van der Waals surface area contributed by atoms with E-state index in [1.165, 1.54) is 15.3 Å². The van der Waals surface area contributed by atoms with Crippen molar-refractivity contribution in [3.63, 3.8) is 0 Å². The van der Waals surface area contributed by atoms with Gasteiger partial charge in [0.1, 0.15) is 54.9 Å². The van der Waals surface area contributed by atoms with E-state index in [-0.39, 0.29) is 38.1 Å². The third-order valence-electron chi connectivity index (χ3n) is 4.32. The first-order valence-corrected chi connectivity index (χ1v) is 10.1. The maximum absolute atomic E-state index is 12.1. The highest BCUT2D eigenvalue weighted by atomic mass is 32.1. The lowest BCUT2D eigenvalue weighted by Crippen LogP contribution is -2.35. The van der Waals surface area contributed by atoms with Crippen molar-refractivity contribution >= 4 is 49.0 Å². The second-order valence-electron chi connectivity index (χ2n) is 6.41. The SMILES string of the molecule is Cc1cnc([N+](=O)[O-])n1CCOC(=O)C(S)C(S)C(=O)OCCn1c([N+](=O)[O-])cnc1C. The van der Waals surface area contributed by atoms with Gasteiger partial charge in [0.15, 0.2) is 5.82 Å². The molecule has 0 spiro atoms. The quantitative estimate of drug-likeness (QED) is 0.200. The fourth-order valence-corrected chi connectivity index (χ4v) is 3.04. The van der Waals surface area contributed by atoms with Gasteiger partial charge in [0.2, 0.25) is 0 Å². The number of nitrogens with zero attached hydrogens (tertiary/aromatic N) is 6. The number of carbonyl (C=O) groups excluding carboxylic acids is 2. The summed E-state index contributed by atoms with van der Waals surface area (Å²) in [6.07, 6.45) is 2.42. The molecular weight excluding hydrogens is 468 g/mol. The van der Waals surface area contributed by atoms with Gasteiger partial charge in [-0.2, -0.15) is 25.3 Å². The molecule has 2 rings (SSSR count). The van der Waals surface area contributed by atoms with E-state index in [2.05, 4.69) is 35.2 Å². The summed E-state index contributed by atoms with van der Waals surface area (Å²) in [5.74, 6) is -1.99. The number of carbonyl (C=O) groups is 2. The van der Waals surface area contributed by atoms with Crippen molar-refractivity contribution in [1.82, 2.24) is 19.1 Å². The van der Waals surface area contributed by atoms with Crippen molar-refractivity contribution in [3.8, 4) is 0 Å². The number of nitro groups is 2. The Labute approximate surface area is 192 Å². The van der Waals surface area contributed by atoms with Crippen LogP contribution in [0.1, 0.15) is 11.5 Å². The minimum atomic E-state index is -1.27. The summed E-state index contributed by atoms with van der Waals surface area (Å²) in [5.41, 5.74) is 0.513. The average Bonchev–Trinajstić information content (AvgIpc) is 3.29. The largest absolute Gasteiger partial charge is 0.461 e. The Bertz CT molecular complexity index is 942. The zero-order valence-electron chi connectivity index (χ0n) is 17.0. The normalized spacial score (nSPS) is 12.8. The van der Waals surface area contributed by atoms with E-state index in [9.17, 15) is 29.8 Å². The van der Waals surface area contributed by atoms with Gasteiger partial charge in [0, 0.05) is 6.92 Å². The Morgan fingerprint density at radius 2 is 1.50 bits per heavy atom. The standard InChI is InChI=1S/C16H20N6O8S2/c1-9-7-18-16(22(27)28)19(9)3-5-29-14(23)12(31)13(32)15(24)30-6-4-20-10(2)17-8-11(20)21(25)26/h7-8,12-13,31-32H,3-6H2,1-2H3. The number of esters is 2. The van der Waals surface area contributed by atoms with Gasteiger partial charge in [-0.1, -0.05) is 4.98 Å². The summed E-state index contributed by atoms with van der Waals surface area (Å²) in [4.78, 5) is 52.4. The Balaban J connectivity index is 1.83.